The third kappa shape index (κ3) is 7.07. The second-order valence-electron chi connectivity index (χ2n) is 7.88. The molecule has 37 heavy (non-hydrogen) atoms. The number of amides is 3. The van der Waals surface area contributed by atoms with E-state index in [9.17, 15) is 14.4 Å². The molecular formula is C27H22Cl2N2O5S. The number of benzene rings is 3. The van der Waals surface area contributed by atoms with Gasteiger partial charge in [-0.1, -0.05) is 47.5 Å². The second-order valence-corrected chi connectivity index (χ2v) is 9.75. The van der Waals surface area contributed by atoms with E-state index in [0.29, 0.717) is 46.0 Å². The minimum absolute atomic E-state index is 0.206. The monoisotopic (exact) mass is 556 g/mol. The molecule has 1 fully saturated rings. The van der Waals surface area contributed by atoms with Crippen LogP contribution in [-0.4, -0.2) is 35.1 Å². The van der Waals surface area contributed by atoms with E-state index in [-0.39, 0.29) is 4.91 Å². The molecule has 190 valence electrons. The number of hydrogen-bond donors (Lipinski definition) is 1. The van der Waals surface area contributed by atoms with Crippen molar-refractivity contribution >= 4 is 63.8 Å². The predicted octanol–water partition coefficient (Wildman–Crippen LogP) is 6.65. The van der Waals surface area contributed by atoms with Crippen molar-refractivity contribution in [3.8, 4) is 11.5 Å². The summed E-state index contributed by atoms with van der Waals surface area (Å²) in [5.41, 5.74) is 2.07. The Balaban J connectivity index is 1.44. The summed E-state index contributed by atoms with van der Waals surface area (Å²) in [6, 6.07) is 19.2. The van der Waals surface area contributed by atoms with E-state index in [4.69, 9.17) is 32.7 Å². The van der Waals surface area contributed by atoms with Gasteiger partial charge < -0.3 is 14.8 Å². The lowest BCUT2D eigenvalue weighted by Crippen LogP contribution is -2.36. The van der Waals surface area contributed by atoms with Gasteiger partial charge in [-0.25, -0.2) is 0 Å². The lowest BCUT2D eigenvalue weighted by atomic mass is 10.1. The SMILES string of the molecule is CCOc1cc(/C=C2/SC(=O)N(CC(=O)Nc3cccc(Cl)c3)C2=O)ccc1OCc1ccc(Cl)cc1. The molecule has 3 aromatic carbocycles. The molecule has 10 heteroatoms. The van der Waals surface area contributed by atoms with E-state index in [1.165, 1.54) is 0 Å². The van der Waals surface area contributed by atoms with Gasteiger partial charge in [0, 0.05) is 15.7 Å². The molecular weight excluding hydrogens is 535 g/mol. The van der Waals surface area contributed by atoms with Gasteiger partial charge in [0.2, 0.25) is 5.91 Å². The predicted molar refractivity (Wildman–Crippen MR) is 146 cm³/mol. The maximum Gasteiger partial charge on any atom is 0.294 e. The number of thioether (sulfide) groups is 1. The van der Waals surface area contributed by atoms with Gasteiger partial charge >= 0.3 is 0 Å². The highest BCUT2D eigenvalue weighted by Gasteiger charge is 2.36. The maximum atomic E-state index is 12.9. The quantitative estimate of drug-likeness (QED) is 0.297. The number of ether oxygens (including phenoxy) is 2. The molecule has 0 aromatic heterocycles. The molecule has 0 bridgehead atoms. The van der Waals surface area contributed by atoms with Gasteiger partial charge in [-0.05, 0) is 78.4 Å². The Morgan fingerprint density at radius 3 is 2.49 bits per heavy atom. The molecule has 1 N–H and O–H groups in total. The molecule has 0 saturated carbocycles. The molecule has 0 spiro atoms. The largest absolute Gasteiger partial charge is 0.490 e. The lowest BCUT2D eigenvalue weighted by molar-refractivity contribution is -0.127. The molecule has 1 heterocycles. The maximum absolute atomic E-state index is 12.9. The van der Waals surface area contributed by atoms with E-state index in [0.717, 1.165) is 22.2 Å². The Bertz CT molecular complexity index is 1360. The van der Waals surface area contributed by atoms with Gasteiger partial charge in [-0.3, -0.25) is 19.3 Å². The number of imide groups is 1. The lowest BCUT2D eigenvalue weighted by Gasteiger charge is -2.13. The summed E-state index contributed by atoms with van der Waals surface area (Å²) in [6.07, 6.45) is 1.59. The van der Waals surface area contributed by atoms with Crippen molar-refractivity contribution in [2.45, 2.75) is 13.5 Å². The Morgan fingerprint density at radius 2 is 1.76 bits per heavy atom. The van der Waals surface area contributed by atoms with Gasteiger partial charge in [0.15, 0.2) is 11.5 Å². The molecule has 0 atom stereocenters. The molecule has 4 rings (SSSR count). The third-order valence-corrected chi connectivity index (χ3v) is 6.55. The van der Waals surface area contributed by atoms with Crippen LogP contribution in [0.4, 0.5) is 10.5 Å². The molecule has 3 aromatic rings. The number of anilines is 1. The summed E-state index contributed by atoms with van der Waals surface area (Å²) in [5.74, 6) is -0.00557. The topological polar surface area (TPSA) is 84.9 Å². The summed E-state index contributed by atoms with van der Waals surface area (Å²) in [5, 5.41) is 3.22. The standard InChI is InChI=1S/C27H22Cl2N2O5S/c1-2-35-23-12-18(8-11-22(23)36-16-17-6-9-19(28)10-7-17)13-24-26(33)31(27(34)37-24)15-25(32)30-21-5-3-4-20(29)14-21/h3-14H,2,15-16H2,1H3,(H,30,32)/b24-13+. The van der Waals surface area contributed by atoms with Crippen LogP contribution in [0.1, 0.15) is 18.1 Å². The molecule has 3 amide bonds. The molecule has 0 unspecified atom stereocenters. The summed E-state index contributed by atoms with van der Waals surface area (Å²) in [4.78, 5) is 38.9. The average Bonchev–Trinajstić information content (AvgIpc) is 3.12. The average molecular weight is 557 g/mol. The normalized spacial score (nSPS) is 14.2. The number of rotatable bonds is 9. The van der Waals surface area contributed by atoms with Gasteiger partial charge in [-0.15, -0.1) is 0 Å². The fraction of sp³-hybridized carbons (Fsp3) is 0.148. The molecule has 7 nitrogen and oxygen atoms in total. The minimum Gasteiger partial charge on any atom is -0.490 e. The van der Waals surface area contributed by atoms with Crippen LogP contribution >= 0.6 is 35.0 Å². The fourth-order valence-electron chi connectivity index (χ4n) is 3.44. The van der Waals surface area contributed by atoms with Crippen LogP contribution in [0, 0.1) is 0 Å². The molecule has 1 aliphatic heterocycles. The first-order chi connectivity index (χ1) is 17.8. The molecule has 1 saturated heterocycles. The first kappa shape index (κ1) is 26.6. The zero-order valence-electron chi connectivity index (χ0n) is 19.7. The van der Waals surface area contributed by atoms with Crippen LogP contribution in [0.5, 0.6) is 11.5 Å². The Labute approximate surface area is 228 Å². The van der Waals surface area contributed by atoms with Crippen LogP contribution in [0.2, 0.25) is 10.0 Å². The van der Waals surface area contributed by atoms with Crippen molar-refractivity contribution in [2.24, 2.45) is 0 Å². The number of hydrogen-bond acceptors (Lipinski definition) is 6. The Kier molecular flexibility index (Phi) is 8.76. The molecule has 0 radical (unpaired) electrons. The van der Waals surface area contributed by atoms with Crippen molar-refractivity contribution in [2.75, 3.05) is 18.5 Å². The Morgan fingerprint density at radius 1 is 0.973 bits per heavy atom. The van der Waals surface area contributed by atoms with Crippen LogP contribution in [0.25, 0.3) is 6.08 Å². The highest BCUT2D eigenvalue weighted by atomic mass is 35.5. The third-order valence-electron chi connectivity index (χ3n) is 5.16. The van der Waals surface area contributed by atoms with Crippen LogP contribution < -0.4 is 14.8 Å². The summed E-state index contributed by atoms with van der Waals surface area (Å²) in [7, 11) is 0. The fourth-order valence-corrected chi connectivity index (χ4v) is 4.60. The van der Waals surface area contributed by atoms with E-state index < -0.39 is 23.6 Å². The smallest absolute Gasteiger partial charge is 0.294 e. The zero-order valence-corrected chi connectivity index (χ0v) is 22.0. The van der Waals surface area contributed by atoms with Gasteiger partial charge in [0.05, 0.1) is 11.5 Å². The molecule has 0 aliphatic carbocycles. The number of halogens is 2. The van der Waals surface area contributed by atoms with Crippen molar-refractivity contribution in [1.82, 2.24) is 4.90 Å². The Hall–Kier alpha value is -3.46. The van der Waals surface area contributed by atoms with E-state index in [1.54, 1.807) is 60.7 Å². The zero-order chi connectivity index (χ0) is 26.4. The minimum atomic E-state index is -0.544. The first-order valence-electron chi connectivity index (χ1n) is 11.3. The molecule has 1 aliphatic rings. The highest BCUT2D eigenvalue weighted by Crippen LogP contribution is 2.35. The second kappa shape index (κ2) is 12.2. The van der Waals surface area contributed by atoms with Gasteiger partial charge in [0.1, 0.15) is 13.2 Å². The summed E-state index contributed by atoms with van der Waals surface area (Å²) >= 11 is 12.6. The van der Waals surface area contributed by atoms with Crippen molar-refractivity contribution < 1.29 is 23.9 Å². The van der Waals surface area contributed by atoms with Gasteiger partial charge in [0.25, 0.3) is 11.1 Å². The van der Waals surface area contributed by atoms with Crippen LogP contribution in [-0.2, 0) is 16.2 Å². The first-order valence-corrected chi connectivity index (χ1v) is 12.8. The van der Waals surface area contributed by atoms with Gasteiger partial charge in [-0.2, -0.15) is 0 Å². The van der Waals surface area contributed by atoms with E-state index >= 15 is 0 Å². The number of carbonyl (C=O) groups excluding carboxylic acids is 3. The van der Waals surface area contributed by atoms with Crippen molar-refractivity contribution in [3.63, 3.8) is 0 Å². The van der Waals surface area contributed by atoms with Crippen LogP contribution in [0.15, 0.2) is 71.6 Å². The number of nitrogens with one attached hydrogen (secondary N) is 1. The number of nitrogens with zero attached hydrogens (tertiary/aromatic N) is 1. The van der Waals surface area contributed by atoms with E-state index in [2.05, 4.69) is 5.32 Å². The van der Waals surface area contributed by atoms with Crippen LogP contribution in [0.3, 0.4) is 0 Å². The van der Waals surface area contributed by atoms with E-state index in [1.807, 2.05) is 19.1 Å². The van der Waals surface area contributed by atoms with Crippen molar-refractivity contribution in [3.05, 3.63) is 92.8 Å². The summed E-state index contributed by atoms with van der Waals surface area (Å²) in [6.45, 7) is 2.19. The highest BCUT2D eigenvalue weighted by molar-refractivity contribution is 8.18. The number of carbonyl (C=O) groups is 3. The van der Waals surface area contributed by atoms with Crippen molar-refractivity contribution in [1.29, 1.82) is 0 Å². The summed E-state index contributed by atoms with van der Waals surface area (Å²) < 4.78 is 11.6.